The van der Waals surface area contributed by atoms with Gasteiger partial charge in [-0.15, -0.1) is 0 Å². The SMILES string of the molecule is CNC(=S)N(CC[NH+]1CCOCC1)Cc1cc2ccc(C)c(C)c2[nH]c1=O. The molecule has 1 fully saturated rings. The van der Waals surface area contributed by atoms with Gasteiger partial charge in [0.1, 0.15) is 13.1 Å². The second-order valence-corrected chi connectivity index (χ2v) is 7.57. The number of aromatic nitrogens is 1. The molecule has 0 bridgehead atoms. The molecule has 1 aromatic carbocycles. The molecule has 0 aliphatic carbocycles. The molecule has 27 heavy (non-hydrogen) atoms. The summed E-state index contributed by atoms with van der Waals surface area (Å²) in [6, 6.07) is 6.15. The maximum atomic E-state index is 12.7. The van der Waals surface area contributed by atoms with Gasteiger partial charge < -0.3 is 24.8 Å². The van der Waals surface area contributed by atoms with Crippen LogP contribution in [0.3, 0.4) is 0 Å². The Bertz CT molecular complexity index is 874. The van der Waals surface area contributed by atoms with Crippen LogP contribution in [0.4, 0.5) is 0 Å². The van der Waals surface area contributed by atoms with Gasteiger partial charge in [0.25, 0.3) is 5.56 Å². The lowest BCUT2D eigenvalue weighted by molar-refractivity contribution is -0.907. The fraction of sp³-hybridized carbons (Fsp3) is 0.500. The van der Waals surface area contributed by atoms with Gasteiger partial charge in [-0.2, -0.15) is 0 Å². The van der Waals surface area contributed by atoms with Gasteiger partial charge in [-0.3, -0.25) is 4.79 Å². The van der Waals surface area contributed by atoms with E-state index in [1.54, 1.807) is 0 Å². The van der Waals surface area contributed by atoms with Crippen LogP contribution in [0.1, 0.15) is 16.7 Å². The van der Waals surface area contributed by atoms with E-state index < -0.39 is 0 Å². The normalized spacial score (nSPS) is 15.1. The first kappa shape index (κ1) is 19.8. The molecule has 3 N–H and O–H groups in total. The van der Waals surface area contributed by atoms with Crippen molar-refractivity contribution in [2.24, 2.45) is 0 Å². The molecule has 0 unspecified atom stereocenters. The van der Waals surface area contributed by atoms with Gasteiger partial charge in [0.2, 0.25) is 0 Å². The molecule has 2 aromatic rings. The highest BCUT2D eigenvalue weighted by Gasteiger charge is 2.18. The number of pyridine rings is 1. The zero-order valence-corrected chi connectivity index (χ0v) is 17.2. The van der Waals surface area contributed by atoms with Crippen molar-refractivity contribution in [2.75, 3.05) is 46.4 Å². The zero-order valence-electron chi connectivity index (χ0n) is 16.4. The van der Waals surface area contributed by atoms with Crippen molar-refractivity contribution in [3.63, 3.8) is 0 Å². The van der Waals surface area contributed by atoms with Crippen LogP contribution in [0, 0.1) is 13.8 Å². The first-order chi connectivity index (χ1) is 13.0. The summed E-state index contributed by atoms with van der Waals surface area (Å²) >= 11 is 5.49. The Balaban J connectivity index is 1.80. The fourth-order valence-electron chi connectivity index (χ4n) is 3.51. The lowest BCUT2D eigenvalue weighted by Crippen LogP contribution is -3.14. The topological polar surface area (TPSA) is 61.8 Å². The quantitative estimate of drug-likeness (QED) is 0.645. The minimum absolute atomic E-state index is 0.0428. The monoisotopic (exact) mass is 389 g/mol. The van der Waals surface area contributed by atoms with E-state index in [1.807, 2.05) is 20.0 Å². The van der Waals surface area contributed by atoms with E-state index >= 15 is 0 Å². The summed E-state index contributed by atoms with van der Waals surface area (Å²) < 4.78 is 5.43. The van der Waals surface area contributed by atoms with Crippen LogP contribution in [-0.2, 0) is 11.3 Å². The van der Waals surface area contributed by atoms with E-state index in [-0.39, 0.29) is 5.56 Å². The number of rotatable bonds is 5. The number of H-pyrrole nitrogens is 1. The first-order valence-electron chi connectivity index (χ1n) is 9.49. The van der Waals surface area contributed by atoms with Gasteiger partial charge in [0.15, 0.2) is 5.11 Å². The number of morpholine rings is 1. The van der Waals surface area contributed by atoms with E-state index in [0.29, 0.717) is 11.7 Å². The minimum Gasteiger partial charge on any atom is -0.370 e. The smallest absolute Gasteiger partial charge is 0.253 e. The van der Waals surface area contributed by atoms with E-state index in [2.05, 4.69) is 34.3 Å². The Morgan fingerprint density at radius 1 is 1.33 bits per heavy atom. The summed E-state index contributed by atoms with van der Waals surface area (Å²) in [5.41, 5.74) is 3.91. The summed E-state index contributed by atoms with van der Waals surface area (Å²) in [6.07, 6.45) is 0. The summed E-state index contributed by atoms with van der Waals surface area (Å²) in [4.78, 5) is 19.3. The standard InChI is InChI=1S/C20H28N4O2S/c1-14-4-5-16-12-17(19(25)22-18(16)15(14)2)13-24(20(27)21-3)7-6-23-8-10-26-11-9-23/h4-5,12H,6-11,13H2,1-3H3,(H,21,27)(H,22,25)/p+1. The van der Waals surface area contributed by atoms with E-state index in [1.165, 1.54) is 10.5 Å². The van der Waals surface area contributed by atoms with Crippen molar-refractivity contribution < 1.29 is 9.64 Å². The van der Waals surface area contributed by atoms with E-state index in [4.69, 9.17) is 17.0 Å². The number of hydrogen-bond donors (Lipinski definition) is 3. The average molecular weight is 390 g/mol. The molecule has 0 atom stereocenters. The fourth-order valence-corrected chi connectivity index (χ4v) is 3.66. The molecule has 2 heterocycles. The Morgan fingerprint density at radius 3 is 2.78 bits per heavy atom. The van der Waals surface area contributed by atoms with Crippen molar-refractivity contribution in [2.45, 2.75) is 20.4 Å². The van der Waals surface area contributed by atoms with Gasteiger partial charge >= 0.3 is 0 Å². The molecule has 0 saturated carbocycles. The van der Waals surface area contributed by atoms with Gasteiger partial charge in [-0.25, -0.2) is 0 Å². The van der Waals surface area contributed by atoms with Crippen molar-refractivity contribution in [1.82, 2.24) is 15.2 Å². The van der Waals surface area contributed by atoms with Crippen molar-refractivity contribution in [3.05, 3.63) is 45.2 Å². The summed E-state index contributed by atoms with van der Waals surface area (Å²) in [6.45, 7) is 10.1. The lowest BCUT2D eigenvalue weighted by atomic mass is 10.0. The molecular formula is C20H29N4O2S+. The molecule has 7 heteroatoms. The number of nitrogens with one attached hydrogen (secondary N) is 3. The van der Waals surface area contributed by atoms with Crippen LogP contribution < -0.4 is 15.8 Å². The third-order valence-electron chi connectivity index (χ3n) is 5.43. The maximum absolute atomic E-state index is 12.7. The molecule has 0 radical (unpaired) electrons. The molecule has 6 nitrogen and oxygen atoms in total. The molecule has 1 aliphatic heterocycles. The summed E-state index contributed by atoms with van der Waals surface area (Å²) in [5, 5.41) is 4.78. The van der Waals surface area contributed by atoms with Gasteiger partial charge in [0, 0.05) is 12.6 Å². The number of fused-ring (bicyclic) bond motifs is 1. The Hall–Kier alpha value is -1.96. The molecule has 146 valence electrons. The molecule has 3 rings (SSSR count). The van der Waals surface area contributed by atoms with Crippen LogP contribution >= 0.6 is 12.2 Å². The molecule has 1 saturated heterocycles. The third-order valence-corrected chi connectivity index (χ3v) is 5.89. The van der Waals surface area contributed by atoms with Crippen molar-refractivity contribution in [3.8, 4) is 0 Å². The zero-order chi connectivity index (χ0) is 19.4. The van der Waals surface area contributed by atoms with Crippen LogP contribution in [0.5, 0.6) is 0 Å². The van der Waals surface area contributed by atoms with Gasteiger partial charge in [0.05, 0.1) is 38.4 Å². The first-order valence-corrected chi connectivity index (χ1v) is 9.90. The lowest BCUT2D eigenvalue weighted by Gasteiger charge is -2.29. The highest BCUT2D eigenvalue weighted by Crippen LogP contribution is 2.19. The molecule has 0 spiro atoms. The average Bonchev–Trinajstić information content (AvgIpc) is 2.69. The second kappa shape index (κ2) is 8.82. The summed E-state index contributed by atoms with van der Waals surface area (Å²) in [7, 11) is 1.83. The predicted octanol–water partition coefficient (Wildman–Crippen LogP) is 0.366. The Labute approximate surface area is 165 Å². The number of nitrogens with zero attached hydrogens (tertiary/aromatic N) is 1. The molecular weight excluding hydrogens is 360 g/mol. The van der Waals surface area contributed by atoms with Crippen LogP contribution in [0.2, 0.25) is 0 Å². The van der Waals surface area contributed by atoms with Crippen molar-refractivity contribution in [1.29, 1.82) is 0 Å². The number of aryl methyl sites for hydroxylation is 2. The van der Waals surface area contributed by atoms with Gasteiger partial charge in [-0.05, 0) is 48.6 Å². The van der Waals surface area contributed by atoms with Crippen LogP contribution in [-0.4, -0.2) is 61.4 Å². The van der Waals surface area contributed by atoms with Crippen LogP contribution in [0.25, 0.3) is 10.9 Å². The second-order valence-electron chi connectivity index (χ2n) is 7.18. The van der Waals surface area contributed by atoms with Crippen LogP contribution in [0.15, 0.2) is 23.0 Å². The number of quaternary nitrogens is 1. The van der Waals surface area contributed by atoms with Crippen molar-refractivity contribution >= 4 is 28.2 Å². The number of benzene rings is 1. The minimum atomic E-state index is -0.0428. The number of thiocarbonyl (C=S) groups is 1. The molecule has 0 amide bonds. The third kappa shape index (κ3) is 4.66. The number of ether oxygens (including phenoxy) is 1. The number of aromatic amines is 1. The van der Waals surface area contributed by atoms with E-state index in [9.17, 15) is 4.79 Å². The van der Waals surface area contributed by atoms with Gasteiger partial charge in [-0.1, -0.05) is 12.1 Å². The highest BCUT2D eigenvalue weighted by molar-refractivity contribution is 7.80. The van der Waals surface area contributed by atoms with E-state index in [0.717, 1.165) is 61.4 Å². The Morgan fingerprint density at radius 2 is 2.07 bits per heavy atom. The molecule has 1 aliphatic rings. The number of hydrogen-bond acceptors (Lipinski definition) is 3. The molecule has 1 aromatic heterocycles. The summed E-state index contributed by atoms with van der Waals surface area (Å²) in [5.74, 6) is 0. The maximum Gasteiger partial charge on any atom is 0.253 e. The largest absolute Gasteiger partial charge is 0.370 e. The highest BCUT2D eigenvalue weighted by atomic mass is 32.1. The predicted molar refractivity (Wildman–Crippen MR) is 112 cm³/mol. The Kier molecular flexibility index (Phi) is 6.46.